The minimum absolute atomic E-state index is 0.0728. The van der Waals surface area contributed by atoms with Crippen molar-refractivity contribution in [3.05, 3.63) is 0 Å². The third-order valence-corrected chi connectivity index (χ3v) is 2.83. The van der Waals surface area contributed by atoms with Crippen molar-refractivity contribution in [2.24, 2.45) is 11.3 Å². The molecule has 1 rings (SSSR count). The molecule has 1 aliphatic rings. The molecule has 0 radical (unpaired) electrons. The van der Waals surface area contributed by atoms with Gasteiger partial charge < -0.3 is 5.32 Å². The molecule has 0 aromatic rings. The molecule has 1 N–H and O–H groups in total. The van der Waals surface area contributed by atoms with Crippen molar-refractivity contribution in [1.29, 1.82) is 0 Å². The highest BCUT2D eigenvalue weighted by Gasteiger charge is 2.32. The fraction of sp³-hybridized carbons (Fsp3) is 0.900. The average molecular weight is 169 g/mol. The zero-order valence-electron chi connectivity index (χ0n) is 8.48. The summed E-state index contributed by atoms with van der Waals surface area (Å²) in [6.45, 7) is 9.52. The van der Waals surface area contributed by atoms with Crippen molar-refractivity contribution in [2.45, 2.75) is 40.2 Å². The van der Waals surface area contributed by atoms with Gasteiger partial charge in [0.15, 0.2) is 0 Å². The van der Waals surface area contributed by atoms with Crippen LogP contribution in [-0.2, 0) is 4.79 Å². The van der Waals surface area contributed by atoms with Crippen LogP contribution in [-0.4, -0.2) is 18.4 Å². The van der Waals surface area contributed by atoms with Crippen molar-refractivity contribution in [3.63, 3.8) is 0 Å². The van der Waals surface area contributed by atoms with Crippen LogP contribution >= 0.6 is 0 Å². The average Bonchev–Trinajstić information content (AvgIpc) is 1.92. The number of hydrogen-bond acceptors (Lipinski definition) is 2. The molecule has 0 spiro atoms. The first kappa shape index (κ1) is 9.72. The second-order valence-electron chi connectivity index (χ2n) is 4.86. The summed E-state index contributed by atoms with van der Waals surface area (Å²) in [7, 11) is 0. The number of nitrogens with one attached hydrogen (secondary N) is 1. The molecule has 0 amide bonds. The highest BCUT2D eigenvalue weighted by atomic mass is 16.1. The smallest absolute Gasteiger partial charge is 0.149 e. The van der Waals surface area contributed by atoms with Gasteiger partial charge in [-0.2, -0.15) is 0 Å². The van der Waals surface area contributed by atoms with E-state index in [1.54, 1.807) is 0 Å². The van der Waals surface area contributed by atoms with Gasteiger partial charge in [-0.25, -0.2) is 0 Å². The summed E-state index contributed by atoms with van der Waals surface area (Å²) in [5.41, 5.74) is 0.253. The zero-order valence-corrected chi connectivity index (χ0v) is 8.48. The number of hydrogen-bond donors (Lipinski definition) is 1. The molecule has 2 atom stereocenters. The highest BCUT2D eigenvalue weighted by molar-refractivity contribution is 5.84. The Balaban J connectivity index is 2.57. The number of ketones is 1. The molecule has 70 valence electrons. The third-order valence-electron chi connectivity index (χ3n) is 2.83. The number of Topliss-reactive ketones (excluding diaryl/α,β-unsaturated/α-hetero) is 1. The van der Waals surface area contributed by atoms with Gasteiger partial charge in [-0.3, -0.25) is 4.79 Å². The van der Waals surface area contributed by atoms with Crippen molar-refractivity contribution in [1.82, 2.24) is 5.32 Å². The van der Waals surface area contributed by atoms with E-state index in [0.29, 0.717) is 11.7 Å². The SMILES string of the molecule is C[C@H]1NC[C@H](C(C)(C)C)CC1=O. The van der Waals surface area contributed by atoms with E-state index in [0.717, 1.165) is 13.0 Å². The minimum atomic E-state index is 0.0728. The maximum atomic E-state index is 11.4. The number of rotatable bonds is 0. The zero-order chi connectivity index (χ0) is 9.35. The van der Waals surface area contributed by atoms with Crippen LogP contribution in [0.3, 0.4) is 0 Å². The van der Waals surface area contributed by atoms with Crippen molar-refractivity contribution in [2.75, 3.05) is 6.54 Å². The lowest BCUT2D eigenvalue weighted by Crippen LogP contribution is -2.47. The van der Waals surface area contributed by atoms with E-state index >= 15 is 0 Å². The molecular weight excluding hydrogens is 150 g/mol. The second-order valence-corrected chi connectivity index (χ2v) is 4.86. The Bertz CT molecular complexity index is 181. The number of carbonyl (C=O) groups is 1. The first-order chi connectivity index (χ1) is 5.41. The normalized spacial score (nSPS) is 32.2. The van der Waals surface area contributed by atoms with Gasteiger partial charge in [0, 0.05) is 6.42 Å². The predicted molar refractivity (Wildman–Crippen MR) is 50.0 cm³/mol. The Morgan fingerprint density at radius 1 is 1.42 bits per heavy atom. The van der Waals surface area contributed by atoms with Crippen LogP contribution in [0.25, 0.3) is 0 Å². The Kier molecular flexibility index (Phi) is 2.57. The fourth-order valence-corrected chi connectivity index (χ4v) is 1.54. The fourth-order valence-electron chi connectivity index (χ4n) is 1.54. The first-order valence-electron chi connectivity index (χ1n) is 4.67. The van der Waals surface area contributed by atoms with Gasteiger partial charge in [0.2, 0.25) is 0 Å². The van der Waals surface area contributed by atoms with E-state index in [2.05, 4.69) is 26.1 Å². The van der Waals surface area contributed by atoms with Gasteiger partial charge >= 0.3 is 0 Å². The van der Waals surface area contributed by atoms with Crippen LogP contribution in [0.4, 0.5) is 0 Å². The lowest BCUT2D eigenvalue weighted by atomic mass is 9.75. The van der Waals surface area contributed by atoms with E-state index in [-0.39, 0.29) is 11.5 Å². The predicted octanol–water partition coefficient (Wildman–Crippen LogP) is 1.60. The lowest BCUT2D eigenvalue weighted by molar-refractivity contribution is -0.124. The quantitative estimate of drug-likeness (QED) is 0.597. The molecule has 1 heterocycles. The Morgan fingerprint density at radius 3 is 2.42 bits per heavy atom. The van der Waals surface area contributed by atoms with Crippen LogP contribution in [0.2, 0.25) is 0 Å². The van der Waals surface area contributed by atoms with Crippen molar-refractivity contribution in [3.8, 4) is 0 Å². The van der Waals surface area contributed by atoms with E-state index in [1.165, 1.54) is 0 Å². The van der Waals surface area contributed by atoms with E-state index < -0.39 is 0 Å². The summed E-state index contributed by atoms with van der Waals surface area (Å²) in [6, 6.07) is 0.0728. The molecule has 0 aromatic heterocycles. The Labute approximate surface area is 74.7 Å². The maximum Gasteiger partial charge on any atom is 0.149 e. The van der Waals surface area contributed by atoms with Crippen LogP contribution in [0, 0.1) is 11.3 Å². The van der Waals surface area contributed by atoms with Gasteiger partial charge in [-0.1, -0.05) is 20.8 Å². The summed E-state index contributed by atoms with van der Waals surface area (Å²) in [4.78, 5) is 11.4. The lowest BCUT2D eigenvalue weighted by Gasteiger charge is -2.35. The topological polar surface area (TPSA) is 29.1 Å². The van der Waals surface area contributed by atoms with E-state index in [9.17, 15) is 4.79 Å². The van der Waals surface area contributed by atoms with Crippen LogP contribution in [0.5, 0.6) is 0 Å². The molecule has 1 saturated heterocycles. The van der Waals surface area contributed by atoms with Gasteiger partial charge in [-0.05, 0) is 24.8 Å². The van der Waals surface area contributed by atoms with E-state index in [4.69, 9.17) is 0 Å². The van der Waals surface area contributed by atoms with Crippen molar-refractivity contribution < 1.29 is 4.79 Å². The first-order valence-corrected chi connectivity index (χ1v) is 4.67. The summed E-state index contributed by atoms with van der Waals surface area (Å²) in [5.74, 6) is 0.863. The molecule has 2 heteroatoms. The van der Waals surface area contributed by atoms with Gasteiger partial charge in [-0.15, -0.1) is 0 Å². The summed E-state index contributed by atoms with van der Waals surface area (Å²) in [5, 5.41) is 3.24. The van der Waals surface area contributed by atoms with Crippen molar-refractivity contribution >= 4 is 5.78 Å². The molecule has 0 unspecified atom stereocenters. The van der Waals surface area contributed by atoms with Crippen LogP contribution < -0.4 is 5.32 Å². The molecule has 0 aromatic carbocycles. The van der Waals surface area contributed by atoms with Gasteiger partial charge in [0.25, 0.3) is 0 Å². The summed E-state index contributed by atoms with van der Waals surface area (Å²) >= 11 is 0. The molecule has 0 saturated carbocycles. The number of piperidine rings is 1. The second kappa shape index (κ2) is 3.17. The van der Waals surface area contributed by atoms with Crippen LogP contribution in [0.15, 0.2) is 0 Å². The summed E-state index contributed by atoms with van der Waals surface area (Å²) < 4.78 is 0. The van der Waals surface area contributed by atoms with Gasteiger partial charge in [0.1, 0.15) is 5.78 Å². The maximum absolute atomic E-state index is 11.4. The standard InChI is InChI=1S/C10H19NO/c1-7-9(12)5-8(6-11-7)10(2,3)4/h7-8,11H,5-6H2,1-4H3/t7-,8-/m1/s1. The molecule has 2 nitrogen and oxygen atoms in total. The Hall–Kier alpha value is -0.370. The molecule has 12 heavy (non-hydrogen) atoms. The third kappa shape index (κ3) is 2.07. The van der Waals surface area contributed by atoms with Gasteiger partial charge in [0.05, 0.1) is 6.04 Å². The monoisotopic (exact) mass is 169 g/mol. The molecular formula is C10H19NO. The largest absolute Gasteiger partial charge is 0.307 e. The molecule has 1 aliphatic heterocycles. The highest BCUT2D eigenvalue weighted by Crippen LogP contribution is 2.30. The Morgan fingerprint density at radius 2 is 2.00 bits per heavy atom. The minimum Gasteiger partial charge on any atom is -0.307 e. The number of carbonyl (C=O) groups excluding carboxylic acids is 1. The molecule has 0 aliphatic carbocycles. The van der Waals surface area contributed by atoms with Crippen LogP contribution in [0.1, 0.15) is 34.1 Å². The molecule has 1 fully saturated rings. The molecule has 0 bridgehead atoms. The summed E-state index contributed by atoms with van der Waals surface area (Å²) in [6.07, 6.45) is 0.748. The van der Waals surface area contributed by atoms with E-state index in [1.807, 2.05) is 6.92 Å².